The molecule has 9 nitrogen and oxygen atoms in total. The lowest BCUT2D eigenvalue weighted by Gasteiger charge is -2.31. The van der Waals surface area contributed by atoms with Crippen molar-refractivity contribution >= 4 is 10.9 Å². The van der Waals surface area contributed by atoms with Gasteiger partial charge in [0.05, 0.1) is 24.2 Å². The van der Waals surface area contributed by atoms with E-state index < -0.39 is 0 Å². The molecule has 2 atom stereocenters. The third-order valence-corrected chi connectivity index (χ3v) is 6.61. The Balaban J connectivity index is 1.67. The SMILES string of the molecule is CCC[C@@H](c1nnnn1C[C@H]1CCCO1)N(CCCO)Cc1cc2cc(C)cc(C)c2[nH]c1=O. The molecule has 3 heterocycles. The Bertz CT molecular complexity index is 1150. The van der Waals surface area contributed by atoms with Crippen LogP contribution in [0.15, 0.2) is 23.0 Å². The Kier molecular flexibility index (Phi) is 8.07. The van der Waals surface area contributed by atoms with Crippen molar-refractivity contribution in [3.63, 3.8) is 0 Å². The van der Waals surface area contributed by atoms with E-state index in [1.165, 1.54) is 0 Å². The van der Waals surface area contributed by atoms with Gasteiger partial charge in [-0.25, -0.2) is 4.68 Å². The molecular weight excluding hydrogens is 432 g/mol. The normalized spacial score (nSPS) is 17.1. The lowest BCUT2D eigenvalue weighted by atomic mass is 10.0. The van der Waals surface area contributed by atoms with Crippen molar-refractivity contribution in [1.29, 1.82) is 0 Å². The molecule has 0 amide bonds. The quantitative estimate of drug-likeness (QED) is 0.445. The number of tetrazole rings is 1. The second-order valence-corrected chi connectivity index (χ2v) is 9.38. The summed E-state index contributed by atoms with van der Waals surface area (Å²) in [5.74, 6) is 0.791. The Hall–Kier alpha value is -2.62. The summed E-state index contributed by atoms with van der Waals surface area (Å²) in [4.78, 5) is 18.4. The van der Waals surface area contributed by atoms with Crippen LogP contribution in [0.5, 0.6) is 0 Å². The highest BCUT2D eigenvalue weighted by Gasteiger charge is 2.28. The van der Waals surface area contributed by atoms with E-state index in [4.69, 9.17) is 4.74 Å². The number of aromatic nitrogens is 5. The molecule has 9 heteroatoms. The van der Waals surface area contributed by atoms with Gasteiger partial charge in [0.1, 0.15) is 0 Å². The molecule has 0 bridgehead atoms. The number of aromatic amines is 1. The molecule has 0 spiro atoms. The number of pyridine rings is 1. The summed E-state index contributed by atoms with van der Waals surface area (Å²) in [6.07, 6.45) is 4.60. The number of nitrogens with zero attached hydrogens (tertiary/aromatic N) is 5. The molecule has 0 unspecified atom stereocenters. The van der Waals surface area contributed by atoms with Crippen LogP contribution < -0.4 is 5.56 Å². The molecule has 0 radical (unpaired) electrons. The number of ether oxygens (including phenoxy) is 1. The highest BCUT2D eigenvalue weighted by atomic mass is 16.5. The first kappa shape index (κ1) is 24.5. The van der Waals surface area contributed by atoms with Gasteiger partial charge in [-0.2, -0.15) is 0 Å². The van der Waals surface area contributed by atoms with Crippen LogP contribution in [0.1, 0.15) is 67.6 Å². The van der Waals surface area contributed by atoms with Crippen LogP contribution in [0.4, 0.5) is 0 Å². The Morgan fingerprint density at radius 3 is 2.91 bits per heavy atom. The predicted molar refractivity (Wildman–Crippen MR) is 131 cm³/mol. The lowest BCUT2D eigenvalue weighted by Crippen LogP contribution is -2.34. The average molecular weight is 469 g/mol. The highest BCUT2D eigenvalue weighted by Crippen LogP contribution is 2.27. The molecular formula is C25H36N6O3. The van der Waals surface area contributed by atoms with E-state index >= 15 is 0 Å². The molecule has 1 saturated heterocycles. The van der Waals surface area contributed by atoms with Crippen molar-refractivity contribution in [2.45, 2.75) is 78.1 Å². The third-order valence-electron chi connectivity index (χ3n) is 6.61. The summed E-state index contributed by atoms with van der Waals surface area (Å²) in [6.45, 7) is 8.81. The van der Waals surface area contributed by atoms with Gasteiger partial charge in [-0.15, -0.1) is 5.10 Å². The van der Waals surface area contributed by atoms with Crippen LogP contribution >= 0.6 is 0 Å². The van der Waals surface area contributed by atoms with Gasteiger partial charge in [-0.05, 0) is 73.0 Å². The monoisotopic (exact) mass is 468 g/mol. The second kappa shape index (κ2) is 11.2. The van der Waals surface area contributed by atoms with Gasteiger partial charge in [-0.1, -0.05) is 25.0 Å². The molecule has 184 valence electrons. The molecule has 1 aliphatic rings. The van der Waals surface area contributed by atoms with E-state index in [1.54, 1.807) is 0 Å². The number of H-pyrrole nitrogens is 1. The molecule has 4 rings (SSSR count). The van der Waals surface area contributed by atoms with Crippen LogP contribution in [0.25, 0.3) is 10.9 Å². The minimum absolute atomic E-state index is 0.0673. The average Bonchev–Trinajstić information content (AvgIpc) is 3.49. The van der Waals surface area contributed by atoms with Gasteiger partial charge in [0.2, 0.25) is 0 Å². The topological polar surface area (TPSA) is 109 Å². The van der Waals surface area contributed by atoms with E-state index in [0.29, 0.717) is 31.6 Å². The van der Waals surface area contributed by atoms with Crippen molar-refractivity contribution in [3.05, 3.63) is 51.1 Å². The van der Waals surface area contributed by atoms with Crippen molar-refractivity contribution in [1.82, 2.24) is 30.1 Å². The number of aliphatic hydroxyl groups excluding tert-OH is 1. The number of benzene rings is 1. The van der Waals surface area contributed by atoms with E-state index in [1.807, 2.05) is 17.7 Å². The van der Waals surface area contributed by atoms with Gasteiger partial charge in [0.15, 0.2) is 5.82 Å². The minimum Gasteiger partial charge on any atom is -0.396 e. The molecule has 1 aliphatic heterocycles. The Labute approximate surface area is 200 Å². The van der Waals surface area contributed by atoms with Crippen molar-refractivity contribution in [3.8, 4) is 0 Å². The zero-order valence-corrected chi connectivity index (χ0v) is 20.5. The lowest BCUT2D eigenvalue weighted by molar-refractivity contribution is 0.0885. The maximum atomic E-state index is 13.1. The summed E-state index contributed by atoms with van der Waals surface area (Å²) < 4.78 is 7.67. The largest absolute Gasteiger partial charge is 0.396 e. The first-order valence-corrected chi connectivity index (χ1v) is 12.4. The fourth-order valence-corrected chi connectivity index (χ4v) is 5.00. The summed E-state index contributed by atoms with van der Waals surface area (Å²) in [5, 5.41) is 23.2. The van der Waals surface area contributed by atoms with Gasteiger partial charge in [-0.3, -0.25) is 9.69 Å². The van der Waals surface area contributed by atoms with Gasteiger partial charge in [0, 0.05) is 31.9 Å². The number of nitrogens with one attached hydrogen (secondary N) is 1. The molecule has 1 aromatic carbocycles. The minimum atomic E-state index is -0.0809. The highest BCUT2D eigenvalue weighted by molar-refractivity contribution is 5.82. The van der Waals surface area contributed by atoms with Crippen LogP contribution in [0.3, 0.4) is 0 Å². The van der Waals surface area contributed by atoms with Crippen LogP contribution in [0.2, 0.25) is 0 Å². The van der Waals surface area contributed by atoms with Crippen LogP contribution in [-0.2, 0) is 17.8 Å². The summed E-state index contributed by atoms with van der Waals surface area (Å²) in [5.41, 5.74) is 3.73. The number of aliphatic hydroxyl groups is 1. The fourth-order valence-electron chi connectivity index (χ4n) is 5.00. The molecule has 1 fully saturated rings. The second-order valence-electron chi connectivity index (χ2n) is 9.38. The number of hydrogen-bond donors (Lipinski definition) is 2. The molecule has 2 aromatic heterocycles. The molecule has 3 aromatic rings. The maximum Gasteiger partial charge on any atom is 0.252 e. The molecule has 2 N–H and O–H groups in total. The van der Waals surface area contributed by atoms with Crippen LogP contribution in [-0.4, -0.2) is 61.1 Å². The van der Waals surface area contributed by atoms with E-state index in [-0.39, 0.29) is 24.3 Å². The molecule has 0 aliphatic carbocycles. The summed E-state index contributed by atoms with van der Waals surface area (Å²) in [7, 11) is 0. The number of hydrogen-bond acceptors (Lipinski definition) is 7. The third kappa shape index (κ3) is 5.54. The molecule has 34 heavy (non-hydrogen) atoms. The number of fused-ring (bicyclic) bond motifs is 1. The van der Waals surface area contributed by atoms with Crippen LogP contribution in [0, 0.1) is 13.8 Å². The first-order chi connectivity index (χ1) is 16.5. The van der Waals surface area contributed by atoms with E-state index in [9.17, 15) is 9.90 Å². The van der Waals surface area contributed by atoms with Gasteiger partial charge in [0.25, 0.3) is 5.56 Å². The standard InChI is InChI=1S/C25H36N6O3/c1-4-7-22(24-27-28-29-31(24)16-21-8-5-11-34-21)30(9-6-10-32)15-20-14-19-13-17(2)12-18(3)23(19)26-25(20)33/h12-14,21-22,32H,4-11,15-16H2,1-3H3,(H,26,33)/t21-,22+/m1/s1. The van der Waals surface area contributed by atoms with Crippen molar-refractivity contribution < 1.29 is 9.84 Å². The van der Waals surface area contributed by atoms with Crippen molar-refractivity contribution in [2.75, 3.05) is 19.8 Å². The fraction of sp³-hybridized carbons (Fsp3) is 0.600. The van der Waals surface area contributed by atoms with E-state index in [2.05, 4.69) is 51.4 Å². The smallest absolute Gasteiger partial charge is 0.252 e. The number of rotatable bonds is 11. The zero-order valence-electron chi connectivity index (χ0n) is 20.5. The zero-order chi connectivity index (χ0) is 24.1. The Morgan fingerprint density at radius 2 is 2.18 bits per heavy atom. The molecule has 0 saturated carbocycles. The van der Waals surface area contributed by atoms with Gasteiger partial charge < -0.3 is 14.8 Å². The first-order valence-electron chi connectivity index (χ1n) is 12.4. The maximum absolute atomic E-state index is 13.1. The summed E-state index contributed by atoms with van der Waals surface area (Å²) in [6, 6.07) is 6.11. The Morgan fingerprint density at radius 1 is 1.32 bits per heavy atom. The predicted octanol–water partition coefficient (Wildman–Crippen LogP) is 3.04. The summed E-state index contributed by atoms with van der Waals surface area (Å²) >= 11 is 0. The van der Waals surface area contributed by atoms with Crippen molar-refractivity contribution in [2.24, 2.45) is 0 Å². The van der Waals surface area contributed by atoms with Gasteiger partial charge >= 0.3 is 0 Å². The van der Waals surface area contributed by atoms with E-state index in [0.717, 1.165) is 60.1 Å². The number of aryl methyl sites for hydroxylation is 2.